The van der Waals surface area contributed by atoms with E-state index in [-0.39, 0.29) is 17.9 Å². The van der Waals surface area contributed by atoms with E-state index in [9.17, 15) is 14.4 Å². The van der Waals surface area contributed by atoms with Gasteiger partial charge >= 0.3 is 12.0 Å². The molecule has 24 heavy (non-hydrogen) atoms. The number of hydrogen-bond acceptors (Lipinski definition) is 4. The summed E-state index contributed by atoms with van der Waals surface area (Å²) >= 11 is 0. The number of nitrogens with one attached hydrogen (secondary N) is 1. The molecule has 1 heterocycles. The minimum Gasteiger partial charge on any atom is -0.465 e. The Hall–Kier alpha value is -2.57. The van der Waals surface area contributed by atoms with Crippen molar-refractivity contribution >= 4 is 23.6 Å². The first kappa shape index (κ1) is 17.8. The summed E-state index contributed by atoms with van der Waals surface area (Å²) in [7, 11) is 1.32. The lowest BCUT2D eigenvalue weighted by molar-refractivity contribution is -0.123. The SMILES string of the molecule is COC(=O)c1cc(NC(=O)N2CCC[C@H](C(N)=O)C2)cc(C)c1C. The van der Waals surface area contributed by atoms with Crippen LogP contribution in [0.1, 0.15) is 34.3 Å². The van der Waals surface area contributed by atoms with Gasteiger partial charge in [-0.25, -0.2) is 9.59 Å². The second-order valence-electron chi connectivity index (χ2n) is 6.07. The number of esters is 1. The number of nitrogens with two attached hydrogens (primary N) is 1. The predicted molar refractivity (Wildman–Crippen MR) is 89.8 cm³/mol. The third kappa shape index (κ3) is 3.84. The van der Waals surface area contributed by atoms with E-state index in [2.05, 4.69) is 5.32 Å². The molecule has 1 fully saturated rings. The number of methoxy groups -OCH3 is 1. The smallest absolute Gasteiger partial charge is 0.338 e. The Balaban J connectivity index is 2.15. The van der Waals surface area contributed by atoms with Gasteiger partial charge in [-0.15, -0.1) is 0 Å². The second kappa shape index (κ2) is 7.33. The van der Waals surface area contributed by atoms with Crippen molar-refractivity contribution in [2.75, 3.05) is 25.5 Å². The van der Waals surface area contributed by atoms with Crippen LogP contribution in [-0.4, -0.2) is 43.0 Å². The van der Waals surface area contributed by atoms with Crippen molar-refractivity contribution in [3.63, 3.8) is 0 Å². The van der Waals surface area contributed by atoms with Gasteiger partial charge < -0.3 is 20.7 Å². The number of aryl methyl sites for hydroxylation is 1. The number of urea groups is 1. The molecular formula is C17H23N3O4. The number of nitrogens with zero attached hydrogens (tertiary/aromatic N) is 1. The highest BCUT2D eigenvalue weighted by molar-refractivity contribution is 5.95. The van der Waals surface area contributed by atoms with Gasteiger partial charge in [-0.3, -0.25) is 4.79 Å². The predicted octanol–water partition coefficient (Wildman–Crippen LogP) is 1.82. The Labute approximate surface area is 141 Å². The number of likely N-dealkylation sites (tertiary alicyclic amines) is 1. The van der Waals surface area contributed by atoms with Gasteiger partial charge in [-0.05, 0) is 49.9 Å². The summed E-state index contributed by atoms with van der Waals surface area (Å²) in [6, 6.07) is 3.09. The zero-order valence-corrected chi connectivity index (χ0v) is 14.2. The molecule has 7 nitrogen and oxygen atoms in total. The lowest BCUT2D eigenvalue weighted by Gasteiger charge is -2.31. The molecule has 1 aliphatic rings. The van der Waals surface area contributed by atoms with Crippen LogP contribution in [0.25, 0.3) is 0 Å². The number of anilines is 1. The van der Waals surface area contributed by atoms with Crippen LogP contribution in [-0.2, 0) is 9.53 Å². The van der Waals surface area contributed by atoms with E-state index < -0.39 is 5.97 Å². The fourth-order valence-corrected chi connectivity index (χ4v) is 2.85. The van der Waals surface area contributed by atoms with Gasteiger partial charge in [0.25, 0.3) is 0 Å². The largest absolute Gasteiger partial charge is 0.465 e. The van der Waals surface area contributed by atoms with Gasteiger partial charge in [0.05, 0.1) is 18.6 Å². The molecule has 1 aromatic rings. The van der Waals surface area contributed by atoms with Crippen LogP contribution in [0.15, 0.2) is 12.1 Å². The number of piperidine rings is 1. The number of hydrogen-bond donors (Lipinski definition) is 2. The molecule has 0 radical (unpaired) electrons. The Morgan fingerprint density at radius 2 is 2.00 bits per heavy atom. The van der Waals surface area contributed by atoms with Crippen molar-refractivity contribution in [3.05, 3.63) is 28.8 Å². The van der Waals surface area contributed by atoms with Crippen LogP contribution in [0.2, 0.25) is 0 Å². The highest BCUT2D eigenvalue weighted by atomic mass is 16.5. The molecule has 3 N–H and O–H groups in total. The van der Waals surface area contributed by atoms with Crippen molar-refractivity contribution < 1.29 is 19.1 Å². The number of rotatable bonds is 3. The first-order chi connectivity index (χ1) is 11.3. The molecule has 0 saturated carbocycles. The van der Waals surface area contributed by atoms with Crippen molar-refractivity contribution in [3.8, 4) is 0 Å². The standard InChI is InChI=1S/C17H23N3O4/c1-10-7-13(8-14(11(10)2)16(22)24-3)19-17(23)20-6-4-5-12(9-20)15(18)21/h7-8,12H,4-6,9H2,1-3H3,(H2,18,21)(H,19,23)/t12-/m0/s1. The Kier molecular flexibility index (Phi) is 5.43. The molecule has 2 rings (SSSR count). The first-order valence-corrected chi connectivity index (χ1v) is 7.88. The summed E-state index contributed by atoms with van der Waals surface area (Å²) in [5.74, 6) is -1.14. The third-order valence-electron chi connectivity index (χ3n) is 4.43. The number of primary amides is 1. The molecule has 1 aliphatic heterocycles. The van der Waals surface area contributed by atoms with Crippen molar-refractivity contribution in [1.29, 1.82) is 0 Å². The van der Waals surface area contributed by atoms with Crippen molar-refractivity contribution in [2.24, 2.45) is 11.7 Å². The summed E-state index contributed by atoms with van der Waals surface area (Å²) in [6.45, 7) is 4.58. The zero-order valence-electron chi connectivity index (χ0n) is 14.2. The third-order valence-corrected chi connectivity index (χ3v) is 4.43. The summed E-state index contributed by atoms with van der Waals surface area (Å²) in [5.41, 5.74) is 7.96. The van der Waals surface area contributed by atoms with E-state index in [1.165, 1.54) is 7.11 Å². The normalized spacial score (nSPS) is 17.3. The zero-order chi connectivity index (χ0) is 17.9. The molecule has 0 aliphatic carbocycles. The maximum atomic E-state index is 12.4. The summed E-state index contributed by atoms with van der Waals surface area (Å²) in [6.07, 6.45) is 1.44. The molecule has 1 aromatic carbocycles. The van der Waals surface area contributed by atoms with Gasteiger partial charge in [-0.2, -0.15) is 0 Å². The van der Waals surface area contributed by atoms with E-state index >= 15 is 0 Å². The second-order valence-corrected chi connectivity index (χ2v) is 6.07. The molecule has 130 valence electrons. The van der Waals surface area contributed by atoms with Crippen LogP contribution in [0.5, 0.6) is 0 Å². The highest BCUT2D eigenvalue weighted by Crippen LogP contribution is 2.22. The molecule has 1 atom stereocenters. The number of ether oxygens (including phenoxy) is 1. The monoisotopic (exact) mass is 333 g/mol. The molecule has 0 aromatic heterocycles. The van der Waals surface area contributed by atoms with E-state index in [1.54, 1.807) is 17.0 Å². The maximum absolute atomic E-state index is 12.4. The number of benzene rings is 1. The van der Waals surface area contributed by atoms with Crippen LogP contribution >= 0.6 is 0 Å². The minimum atomic E-state index is -0.446. The average molecular weight is 333 g/mol. The topological polar surface area (TPSA) is 102 Å². The molecule has 7 heteroatoms. The summed E-state index contributed by atoms with van der Waals surface area (Å²) in [4.78, 5) is 37.2. The Bertz CT molecular complexity index is 672. The van der Waals surface area contributed by atoms with E-state index in [4.69, 9.17) is 10.5 Å². The van der Waals surface area contributed by atoms with Crippen LogP contribution in [0.4, 0.5) is 10.5 Å². The Morgan fingerprint density at radius 1 is 1.29 bits per heavy atom. The average Bonchev–Trinajstić information content (AvgIpc) is 2.57. The summed E-state index contributed by atoms with van der Waals surface area (Å²) in [5, 5.41) is 2.79. The van der Waals surface area contributed by atoms with Gasteiger partial charge in [0.15, 0.2) is 0 Å². The van der Waals surface area contributed by atoms with Crippen LogP contribution < -0.4 is 11.1 Å². The van der Waals surface area contributed by atoms with Gasteiger partial charge in [0.2, 0.25) is 5.91 Å². The molecule has 1 saturated heterocycles. The minimum absolute atomic E-state index is 0.306. The van der Waals surface area contributed by atoms with Crippen molar-refractivity contribution in [2.45, 2.75) is 26.7 Å². The number of carbonyl (C=O) groups is 3. The first-order valence-electron chi connectivity index (χ1n) is 7.88. The molecule has 0 spiro atoms. The van der Waals surface area contributed by atoms with E-state index in [1.807, 2.05) is 13.8 Å². The number of amides is 3. The van der Waals surface area contributed by atoms with E-state index in [0.29, 0.717) is 30.8 Å². The fraction of sp³-hybridized carbons (Fsp3) is 0.471. The molecular weight excluding hydrogens is 310 g/mol. The maximum Gasteiger partial charge on any atom is 0.338 e. The molecule has 0 bridgehead atoms. The molecule has 3 amide bonds. The van der Waals surface area contributed by atoms with Gasteiger partial charge in [-0.1, -0.05) is 0 Å². The summed E-state index contributed by atoms with van der Waals surface area (Å²) < 4.78 is 4.78. The molecule has 0 unspecified atom stereocenters. The van der Waals surface area contributed by atoms with Gasteiger partial charge in [0, 0.05) is 18.8 Å². The van der Waals surface area contributed by atoms with Crippen molar-refractivity contribution in [1.82, 2.24) is 4.90 Å². The Morgan fingerprint density at radius 3 is 2.62 bits per heavy atom. The lowest BCUT2D eigenvalue weighted by Crippen LogP contribution is -2.45. The lowest BCUT2D eigenvalue weighted by atomic mass is 9.98. The van der Waals surface area contributed by atoms with Gasteiger partial charge in [0.1, 0.15) is 0 Å². The quantitative estimate of drug-likeness (QED) is 0.824. The van der Waals surface area contributed by atoms with E-state index in [0.717, 1.165) is 17.5 Å². The fourth-order valence-electron chi connectivity index (χ4n) is 2.85. The number of carbonyl (C=O) groups excluding carboxylic acids is 3. The van der Waals surface area contributed by atoms with Crippen LogP contribution in [0.3, 0.4) is 0 Å². The van der Waals surface area contributed by atoms with Crippen LogP contribution in [0, 0.1) is 19.8 Å². The highest BCUT2D eigenvalue weighted by Gasteiger charge is 2.27.